The zero-order chi connectivity index (χ0) is 23.5. The lowest BCUT2D eigenvalue weighted by molar-refractivity contribution is -0.138. The highest BCUT2D eigenvalue weighted by atomic mass is 19.4. The maximum absolute atomic E-state index is 13.7. The molecule has 0 spiro atoms. The molecule has 1 aliphatic heterocycles. The van der Waals surface area contributed by atoms with Crippen LogP contribution >= 0.6 is 0 Å². The van der Waals surface area contributed by atoms with Crippen molar-refractivity contribution in [2.45, 2.75) is 26.1 Å². The summed E-state index contributed by atoms with van der Waals surface area (Å²) in [7, 11) is 1.24. The van der Waals surface area contributed by atoms with Gasteiger partial charge >= 0.3 is 12.2 Å². The van der Waals surface area contributed by atoms with E-state index in [1.54, 1.807) is 13.0 Å². The second-order valence-corrected chi connectivity index (χ2v) is 6.98. The number of urea groups is 1. The number of halogens is 3. The van der Waals surface area contributed by atoms with E-state index in [9.17, 15) is 18.0 Å². The number of hydrogen-bond acceptors (Lipinski definition) is 6. The fourth-order valence-electron chi connectivity index (χ4n) is 3.38. The fraction of sp³-hybridized carbons (Fsp3) is 0.286. The first-order valence-electron chi connectivity index (χ1n) is 9.55. The van der Waals surface area contributed by atoms with Gasteiger partial charge in [-0.2, -0.15) is 23.3 Å². The van der Waals surface area contributed by atoms with Crippen LogP contribution in [0.5, 0.6) is 5.75 Å². The zero-order valence-electron chi connectivity index (χ0n) is 17.5. The Labute approximate surface area is 182 Å². The number of rotatable bonds is 6. The van der Waals surface area contributed by atoms with Crippen LogP contribution in [-0.4, -0.2) is 37.1 Å². The minimum absolute atomic E-state index is 0.168. The quantitative estimate of drug-likeness (QED) is 0.313. The molecule has 8 nitrogen and oxygen atoms in total. The van der Waals surface area contributed by atoms with Gasteiger partial charge in [0.05, 0.1) is 23.6 Å². The van der Waals surface area contributed by atoms with Gasteiger partial charge in [-0.15, -0.1) is 0 Å². The van der Waals surface area contributed by atoms with Gasteiger partial charge in [-0.05, 0) is 25.1 Å². The van der Waals surface area contributed by atoms with Crippen molar-refractivity contribution in [2.24, 2.45) is 16.1 Å². The Morgan fingerprint density at radius 2 is 2.00 bits per heavy atom. The summed E-state index contributed by atoms with van der Waals surface area (Å²) in [4.78, 5) is 17.6. The number of oxime groups is 1. The Balaban J connectivity index is 1.94. The Morgan fingerprint density at radius 1 is 1.28 bits per heavy atom. The summed E-state index contributed by atoms with van der Waals surface area (Å²) in [6.07, 6.45) is -4.00. The van der Waals surface area contributed by atoms with E-state index in [0.717, 1.165) is 29.0 Å². The van der Waals surface area contributed by atoms with E-state index >= 15 is 0 Å². The molecule has 170 valence electrons. The molecular formula is C21H22F3N5O3. The fourth-order valence-corrected chi connectivity index (χ4v) is 3.38. The summed E-state index contributed by atoms with van der Waals surface area (Å²) >= 11 is 0. The molecule has 0 radical (unpaired) electrons. The summed E-state index contributed by atoms with van der Waals surface area (Å²) in [5.74, 6) is 6.19. The molecule has 1 aliphatic rings. The van der Waals surface area contributed by atoms with Crippen LogP contribution in [0, 0.1) is 0 Å². The first kappa shape index (κ1) is 23.1. The number of carbonyl (C=O) groups is 1. The van der Waals surface area contributed by atoms with Gasteiger partial charge in [0, 0.05) is 36.9 Å². The largest absolute Gasteiger partial charge is 0.493 e. The summed E-state index contributed by atoms with van der Waals surface area (Å²) in [6, 6.07) is 7.95. The van der Waals surface area contributed by atoms with Crippen LogP contribution in [0.25, 0.3) is 0 Å². The van der Waals surface area contributed by atoms with Crippen molar-refractivity contribution in [1.29, 1.82) is 0 Å². The van der Waals surface area contributed by atoms with Crippen LogP contribution in [0.3, 0.4) is 0 Å². The molecule has 2 aromatic carbocycles. The summed E-state index contributed by atoms with van der Waals surface area (Å²) in [5.41, 5.74) is 0.749. The number of hydrazone groups is 1. The van der Waals surface area contributed by atoms with E-state index in [4.69, 9.17) is 15.4 Å². The van der Waals surface area contributed by atoms with Gasteiger partial charge in [0.1, 0.15) is 12.4 Å². The van der Waals surface area contributed by atoms with Gasteiger partial charge in [0.25, 0.3) is 0 Å². The monoisotopic (exact) mass is 449 g/mol. The molecule has 32 heavy (non-hydrogen) atoms. The Hall–Kier alpha value is -3.60. The van der Waals surface area contributed by atoms with Gasteiger partial charge in [0.15, 0.2) is 0 Å². The first-order chi connectivity index (χ1) is 15.1. The highest BCUT2D eigenvalue weighted by Gasteiger charge is 2.36. The first-order valence-corrected chi connectivity index (χ1v) is 9.55. The lowest BCUT2D eigenvalue weighted by atomic mass is 10.0. The van der Waals surface area contributed by atoms with Crippen molar-refractivity contribution < 1.29 is 27.5 Å². The van der Waals surface area contributed by atoms with E-state index in [2.05, 4.69) is 17.0 Å². The highest BCUT2D eigenvalue weighted by molar-refractivity contribution is 6.00. The predicted molar refractivity (Wildman–Crippen MR) is 113 cm³/mol. The van der Waals surface area contributed by atoms with Crippen molar-refractivity contribution in [3.8, 4) is 5.75 Å². The average molecular weight is 449 g/mol. The standard InChI is InChI=1S/C21H22F3N5O3/c1-13(14-6-4-9-19-15(14)10-11-31-19)27-32-12-16-17(21(22,23)24)7-5-8-18(16)29(26-2)20(30)28(3)25/h4-9H,2,10-12,25H2,1,3H3. The topological polar surface area (TPSA) is 92.8 Å². The number of anilines is 1. The summed E-state index contributed by atoms with van der Waals surface area (Å²) in [6.45, 7) is 4.94. The Kier molecular flexibility index (Phi) is 6.68. The molecule has 0 atom stereocenters. The predicted octanol–water partition coefficient (Wildman–Crippen LogP) is 3.93. The average Bonchev–Trinajstić information content (AvgIpc) is 3.22. The number of fused-ring (bicyclic) bond motifs is 1. The van der Waals surface area contributed by atoms with Crippen molar-refractivity contribution in [1.82, 2.24) is 5.01 Å². The number of ether oxygens (including phenoxy) is 1. The summed E-state index contributed by atoms with van der Waals surface area (Å²) in [5, 5.41) is 8.89. The molecule has 0 bridgehead atoms. The molecule has 2 amide bonds. The lowest BCUT2D eigenvalue weighted by Crippen LogP contribution is -2.42. The van der Waals surface area contributed by atoms with Gasteiger partial charge in [-0.3, -0.25) is 5.01 Å². The smallest absolute Gasteiger partial charge is 0.416 e. The maximum atomic E-state index is 13.7. The molecule has 0 saturated carbocycles. The van der Waals surface area contributed by atoms with E-state index in [-0.39, 0.29) is 11.3 Å². The van der Waals surface area contributed by atoms with Crippen LogP contribution in [0.15, 0.2) is 46.7 Å². The number of carbonyl (C=O) groups excluding carboxylic acids is 1. The number of hydrazine groups is 1. The second kappa shape index (κ2) is 9.27. The molecule has 0 fully saturated rings. The molecule has 0 aliphatic carbocycles. The summed E-state index contributed by atoms with van der Waals surface area (Å²) < 4.78 is 46.5. The van der Waals surface area contributed by atoms with Gasteiger partial charge in [-0.1, -0.05) is 23.4 Å². The minimum atomic E-state index is -4.70. The van der Waals surface area contributed by atoms with E-state index in [1.165, 1.54) is 13.1 Å². The van der Waals surface area contributed by atoms with E-state index < -0.39 is 24.4 Å². The van der Waals surface area contributed by atoms with Crippen LogP contribution < -0.4 is 15.6 Å². The lowest BCUT2D eigenvalue weighted by Gasteiger charge is -2.24. The van der Waals surface area contributed by atoms with Crippen LogP contribution in [0.4, 0.5) is 23.7 Å². The van der Waals surface area contributed by atoms with Crippen LogP contribution in [-0.2, 0) is 24.0 Å². The third-order valence-electron chi connectivity index (χ3n) is 4.85. The molecule has 11 heteroatoms. The number of benzene rings is 2. The molecule has 1 heterocycles. The van der Waals surface area contributed by atoms with Gasteiger partial charge < -0.3 is 9.57 Å². The third-order valence-corrected chi connectivity index (χ3v) is 4.85. The SMILES string of the molecule is C=NN(C(=O)N(C)N)c1cccc(C(F)(F)F)c1CON=C(C)c1cccc2c1CCO2. The number of alkyl halides is 3. The third kappa shape index (κ3) is 4.67. The Bertz CT molecular complexity index is 1050. The molecule has 0 unspecified atom stereocenters. The second-order valence-electron chi connectivity index (χ2n) is 6.98. The molecule has 2 N–H and O–H groups in total. The van der Waals surface area contributed by atoms with E-state index in [1.807, 2.05) is 12.1 Å². The number of hydrogen-bond donors (Lipinski definition) is 1. The minimum Gasteiger partial charge on any atom is -0.493 e. The number of nitrogens with zero attached hydrogens (tertiary/aromatic N) is 4. The van der Waals surface area contributed by atoms with Crippen molar-refractivity contribution in [3.05, 3.63) is 58.7 Å². The van der Waals surface area contributed by atoms with Crippen molar-refractivity contribution in [3.63, 3.8) is 0 Å². The maximum Gasteiger partial charge on any atom is 0.416 e. The Morgan fingerprint density at radius 3 is 2.66 bits per heavy atom. The highest BCUT2D eigenvalue weighted by Crippen LogP contribution is 2.37. The van der Waals surface area contributed by atoms with Gasteiger partial charge in [-0.25, -0.2) is 10.6 Å². The molecule has 3 rings (SSSR count). The van der Waals surface area contributed by atoms with Crippen LogP contribution in [0.2, 0.25) is 0 Å². The van der Waals surface area contributed by atoms with Crippen molar-refractivity contribution >= 4 is 24.1 Å². The molecule has 0 saturated heterocycles. The number of amides is 2. The molecule has 2 aromatic rings. The van der Waals surface area contributed by atoms with Crippen LogP contribution in [0.1, 0.15) is 29.2 Å². The number of nitrogens with two attached hydrogens (primary N) is 1. The molecule has 0 aromatic heterocycles. The van der Waals surface area contributed by atoms with Crippen molar-refractivity contribution in [2.75, 3.05) is 18.7 Å². The van der Waals surface area contributed by atoms with E-state index in [0.29, 0.717) is 28.8 Å². The normalized spacial score (nSPS) is 13.2. The zero-order valence-corrected chi connectivity index (χ0v) is 17.5. The molecular weight excluding hydrogens is 427 g/mol. The van der Waals surface area contributed by atoms with Gasteiger partial charge in [0.2, 0.25) is 0 Å².